The van der Waals surface area contributed by atoms with Gasteiger partial charge in [0.25, 0.3) is 10.0 Å². The average Bonchev–Trinajstić information content (AvgIpc) is 2.72. The molecule has 0 spiro atoms. The zero-order chi connectivity index (χ0) is 13.3. The van der Waals surface area contributed by atoms with Crippen molar-refractivity contribution in [3.8, 4) is 5.75 Å². The number of aromatic nitrogens is 1. The van der Waals surface area contributed by atoms with Crippen LogP contribution >= 0.6 is 27.3 Å². The van der Waals surface area contributed by atoms with Gasteiger partial charge in [0.15, 0.2) is 9.96 Å². The summed E-state index contributed by atoms with van der Waals surface area (Å²) in [5.74, 6) is -0.151. The molecule has 0 fully saturated rings. The molecule has 0 atom stereocenters. The third-order valence-electron chi connectivity index (χ3n) is 2.10. The molecule has 0 unspecified atom stereocenters. The normalized spacial score (nSPS) is 11.4. The Hall–Kier alpha value is -1.12. The molecule has 0 aliphatic carbocycles. The summed E-state index contributed by atoms with van der Waals surface area (Å²) in [7, 11) is -3.71. The third kappa shape index (κ3) is 2.65. The first-order chi connectivity index (χ1) is 8.40. The van der Waals surface area contributed by atoms with E-state index in [9.17, 15) is 13.5 Å². The van der Waals surface area contributed by atoms with Crippen LogP contribution in [0.5, 0.6) is 5.75 Å². The van der Waals surface area contributed by atoms with Crippen molar-refractivity contribution < 1.29 is 13.5 Å². The lowest BCUT2D eigenvalue weighted by molar-refractivity contribution is 0.474. The molecule has 96 valence electrons. The first kappa shape index (κ1) is 13.3. The van der Waals surface area contributed by atoms with Crippen molar-refractivity contribution in [2.75, 3.05) is 4.72 Å². The van der Waals surface area contributed by atoms with Gasteiger partial charge in [0.05, 0.1) is 21.4 Å². The smallest absolute Gasteiger partial charge is 0.273 e. The van der Waals surface area contributed by atoms with Gasteiger partial charge in [0.2, 0.25) is 0 Å². The van der Waals surface area contributed by atoms with Gasteiger partial charge >= 0.3 is 0 Å². The maximum Gasteiger partial charge on any atom is 0.273 e. The summed E-state index contributed by atoms with van der Waals surface area (Å²) in [6.45, 7) is 1.72. The molecule has 0 bridgehead atoms. The molecule has 5 nitrogen and oxygen atoms in total. The minimum absolute atomic E-state index is 0.111. The number of nitrogens with zero attached hydrogens (tertiary/aromatic N) is 1. The number of anilines is 1. The van der Waals surface area contributed by atoms with Gasteiger partial charge in [-0.05, 0) is 35.0 Å². The number of rotatable bonds is 3. The van der Waals surface area contributed by atoms with Gasteiger partial charge in [0, 0.05) is 0 Å². The zero-order valence-corrected chi connectivity index (χ0v) is 12.4. The van der Waals surface area contributed by atoms with Crippen LogP contribution in [0.15, 0.2) is 33.1 Å². The maximum absolute atomic E-state index is 12.0. The highest BCUT2D eigenvalue weighted by Gasteiger charge is 2.19. The van der Waals surface area contributed by atoms with Gasteiger partial charge in [-0.15, -0.1) is 11.3 Å². The van der Waals surface area contributed by atoms with Crippen molar-refractivity contribution in [3.63, 3.8) is 0 Å². The van der Waals surface area contributed by atoms with Gasteiger partial charge in [-0.3, -0.25) is 4.72 Å². The first-order valence-electron chi connectivity index (χ1n) is 4.83. The van der Waals surface area contributed by atoms with Crippen molar-refractivity contribution >= 4 is 43.0 Å². The van der Waals surface area contributed by atoms with E-state index in [0.29, 0.717) is 9.48 Å². The zero-order valence-electron chi connectivity index (χ0n) is 9.21. The second kappa shape index (κ2) is 4.87. The highest BCUT2D eigenvalue weighted by Crippen LogP contribution is 2.33. The topological polar surface area (TPSA) is 79.3 Å². The fraction of sp³-hybridized carbons (Fsp3) is 0.100. The van der Waals surface area contributed by atoms with Crippen molar-refractivity contribution in [2.24, 2.45) is 0 Å². The average molecular weight is 349 g/mol. The lowest BCUT2D eigenvalue weighted by Crippen LogP contribution is -2.11. The molecule has 2 rings (SSSR count). The van der Waals surface area contributed by atoms with E-state index in [1.165, 1.54) is 12.3 Å². The lowest BCUT2D eigenvalue weighted by Gasteiger charge is -2.08. The largest absolute Gasteiger partial charge is 0.505 e. The quantitative estimate of drug-likeness (QED) is 0.835. The van der Waals surface area contributed by atoms with Crippen molar-refractivity contribution in [1.29, 1.82) is 0 Å². The standard InChI is InChI=1S/C10H9BrN2O3S2/c1-6-12-5-9(17-6)18(15,16)13-8-4-2-3-7(11)10(8)14/h2-5,13-14H,1H3. The Bertz CT molecular complexity index is 682. The number of sulfonamides is 1. The van der Waals surface area contributed by atoms with E-state index in [1.807, 2.05) is 0 Å². The minimum Gasteiger partial charge on any atom is -0.505 e. The van der Waals surface area contributed by atoms with E-state index >= 15 is 0 Å². The van der Waals surface area contributed by atoms with E-state index in [1.54, 1.807) is 19.1 Å². The van der Waals surface area contributed by atoms with E-state index in [4.69, 9.17) is 0 Å². The minimum atomic E-state index is -3.71. The van der Waals surface area contributed by atoms with Crippen LogP contribution in [0, 0.1) is 6.92 Å². The Morgan fingerprint density at radius 2 is 2.17 bits per heavy atom. The van der Waals surface area contributed by atoms with Crippen molar-refractivity contribution in [3.05, 3.63) is 33.9 Å². The number of benzene rings is 1. The summed E-state index contributed by atoms with van der Waals surface area (Å²) in [5.41, 5.74) is 0.121. The number of para-hydroxylation sites is 1. The van der Waals surface area contributed by atoms with E-state index in [-0.39, 0.29) is 15.6 Å². The SMILES string of the molecule is Cc1ncc(S(=O)(=O)Nc2cccc(Br)c2O)s1. The number of thiazole rings is 1. The summed E-state index contributed by atoms with van der Waals surface area (Å²) < 4.78 is 26.9. The summed E-state index contributed by atoms with van der Waals surface area (Å²) in [5, 5.41) is 10.4. The number of halogens is 1. The molecule has 0 aliphatic heterocycles. The number of hydrogen-bond donors (Lipinski definition) is 2. The fourth-order valence-corrected chi connectivity index (χ4v) is 3.80. The molecule has 2 N–H and O–H groups in total. The number of aromatic hydroxyl groups is 1. The van der Waals surface area contributed by atoms with Gasteiger partial charge < -0.3 is 5.11 Å². The summed E-state index contributed by atoms with van der Waals surface area (Å²) in [6.07, 6.45) is 1.29. The number of nitrogens with one attached hydrogen (secondary N) is 1. The molecule has 0 radical (unpaired) electrons. The number of phenolic OH excluding ortho intramolecular Hbond substituents is 1. The van der Waals surface area contributed by atoms with Crippen molar-refractivity contribution in [2.45, 2.75) is 11.1 Å². The summed E-state index contributed by atoms with van der Waals surface area (Å²) in [6, 6.07) is 4.72. The molecule has 1 aromatic heterocycles. The molecule has 8 heteroatoms. The van der Waals surface area contributed by atoms with E-state index in [2.05, 4.69) is 25.6 Å². The van der Waals surface area contributed by atoms with Gasteiger partial charge in [0.1, 0.15) is 0 Å². The van der Waals surface area contributed by atoms with Gasteiger partial charge in [-0.1, -0.05) is 6.07 Å². The predicted molar refractivity (Wildman–Crippen MR) is 73.5 cm³/mol. The predicted octanol–water partition coefficient (Wildman–Crippen LogP) is 2.72. The first-order valence-corrected chi connectivity index (χ1v) is 7.92. The Morgan fingerprint density at radius 1 is 1.44 bits per heavy atom. The molecule has 0 aliphatic rings. The molecule has 0 amide bonds. The summed E-state index contributed by atoms with van der Waals surface area (Å²) >= 11 is 4.19. The van der Waals surface area contributed by atoms with Crippen LogP contribution in [0.2, 0.25) is 0 Å². The molecule has 0 saturated carbocycles. The molecular formula is C10H9BrN2O3S2. The highest BCUT2D eigenvalue weighted by atomic mass is 79.9. The fourth-order valence-electron chi connectivity index (χ4n) is 1.26. The molecule has 2 aromatic rings. The Morgan fingerprint density at radius 3 is 2.78 bits per heavy atom. The van der Waals surface area contributed by atoms with Crippen LogP contribution in [0.3, 0.4) is 0 Å². The Balaban J connectivity index is 2.37. The summed E-state index contributed by atoms with van der Waals surface area (Å²) in [4.78, 5) is 3.89. The second-order valence-electron chi connectivity index (χ2n) is 3.44. The molecule has 18 heavy (non-hydrogen) atoms. The van der Waals surface area contributed by atoms with E-state index < -0.39 is 10.0 Å². The third-order valence-corrected chi connectivity index (χ3v) is 5.48. The number of aryl methyl sites for hydroxylation is 1. The number of phenols is 1. The van der Waals surface area contributed by atoms with Gasteiger partial charge in [-0.2, -0.15) is 0 Å². The van der Waals surface area contributed by atoms with Crippen LogP contribution in [-0.2, 0) is 10.0 Å². The second-order valence-corrected chi connectivity index (χ2v) is 7.44. The van der Waals surface area contributed by atoms with Gasteiger partial charge in [-0.25, -0.2) is 13.4 Å². The Kier molecular flexibility index (Phi) is 3.60. The number of hydrogen-bond acceptors (Lipinski definition) is 5. The van der Waals surface area contributed by atoms with Crippen molar-refractivity contribution in [1.82, 2.24) is 4.98 Å². The molecular weight excluding hydrogens is 340 g/mol. The van der Waals surface area contributed by atoms with Crippen LogP contribution in [0.1, 0.15) is 5.01 Å². The molecule has 1 aromatic carbocycles. The Labute approximate surface area is 117 Å². The molecule has 0 saturated heterocycles. The van der Waals surface area contributed by atoms with Crippen LogP contribution < -0.4 is 4.72 Å². The lowest BCUT2D eigenvalue weighted by atomic mass is 10.3. The van der Waals surface area contributed by atoms with Crippen LogP contribution in [0.25, 0.3) is 0 Å². The highest BCUT2D eigenvalue weighted by molar-refractivity contribution is 9.10. The molecule has 1 heterocycles. The van der Waals surface area contributed by atoms with Crippen LogP contribution in [0.4, 0.5) is 5.69 Å². The monoisotopic (exact) mass is 348 g/mol. The van der Waals surface area contributed by atoms with Crippen LogP contribution in [-0.4, -0.2) is 18.5 Å². The van der Waals surface area contributed by atoms with E-state index in [0.717, 1.165) is 11.3 Å². The maximum atomic E-state index is 12.0.